The third kappa shape index (κ3) is 2.28. The van der Waals surface area contributed by atoms with Crippen LogP contribution < -0.4 is 16.0 Å². The van der Waals surface area contributed by atoms with Crippen LogP contribution in [0.25, 0.3) is 0 Å². The molecule has 1 aliphatic rings. The van der Waals surface area contributed by atoms with E-state index < -0.39 is 0 Å². The molecule has 104 valence electrons. The summed E-state index contributed by atoms with van der Waals surface area (Å²) >= 11 is 0. The van der Waals surface area contributed by atoms with Crippen LogP contribution in [-0.4, -0.2) is 11.6 Å². The molecule has 0 fully saturated rings. The van der Waals surface area contributed by atoms with E-state index in [1.807, 2.05) is 18.3 Å². The molecule has 2 aromatic rings. The minimum Gasteiger partial charge on any atom is -0.493 e. The Labute approximate surface area is 119 Å². The van der Waals surface area contributed by atoms with Gasteiger partial charge in [-0.05, 0) is 41.3 Å². The molecular weight excluding hydrogens is 250 g/mol. The van der Waals surface area contributed by atoms with Crippen LogP contribution in [0.5, 0.6) is 5.75 Å². The highest BCUT2D eigenvalue weighted by Crippen LogP contribution is 2.30. The number of hydrazine groups is 1. The highest BCUT2D eigenvalue weighted by atomic mass is 16.5. The largest absolute Gasteiger partial charge is 0.493 e. The molecule has 4 nitrogen and oxygen atoms in total. The summed E-state index contributed by atoms with van der Waals surface area (Å²) in [5.41, 5.74) is 7.49. The van der Waals surface area contributed by atoms with E-state index in [0.29, 0.717) is 0 Å². The van der Waals surface area contributed by atoms with E-state index in [4.69, 9.17) is 10.6 Å². The lowest BCUT2D eigenvalue weighted by Crippen LogP contribution is -2.30. The van der Waals surface area contributed by atoms with Crippen molar-refractivity contribution in [2.45, 2.75) is 25.8 Å². The number of nitrogens with one attached hydrogen (secondary N) is 1. The minimum absolute atomic E-state index is 0.0861. The molecule has 3 rings (SSSR count). The molecule has 2 heterocycles. The van der Waals surface area contributed by atoms with E-state index in [1.165, 1.54) is 11.1 Å². The SMILES string of the molecule is CCc1cccnc1C(NN)c1ccc2c(c1)CCO2. The van der Waals surface area contributed by atoms with Crippen LogP contribution in [-0.2, 0) is 12.8 Å². The van der Waals surface area contributed by atoms with Gasteiger partial charge in [0.1, 0.15) is 5.75 Å². The second-order valence-electron chi connectivity index (χ2n) is 4.97. The average Bonchev–Trinajstić information content (AvgIpc) is 2.96. The number of hydrogen-bond donors (Lipinski definition) is 2. The number of nitrogens with zero attached hydrogens (tertiary/aromatic N) is 1. The highest BCUT2D eigenvalue weighted by Gasteiger charge is 2.20. The summed E-state index contributed by atoms with van der Waals surface area (Å²) in [7, 11) is 0. The van der Waals surface area contributed by atoms with Crippen molar-refractivity contribution in [3.63, 3.8) is 0 Å². The summed E-state index contributed by atoms with van der Waals surface area (Å²) in [4.78, 5) is 4.52. The summed E-state index contributed by atoms with van der Waals surface area (Å²) in [6, 6.07) is 10.2. The molecule has 4 heteroatoms. The molecular formula is C16H19N3O. The van der Waals surface area contributed by atoms with Crippen molar-refractivity contribution < 1.29 is 4.74 Å². The first kappa shape index (κ1) is 13.1. The molecule has 0 bridgehead atoms. The molecule has 0 spiro atoms. The average molecular weight is 269 g/mol. The smallest absolute Gasteiger partial charge is 0.122 e. The summed E-state index contributed by atoms with van der Waals surface area (Å²) in [5.74, 6) is 6.77. The Hall–Kier alpha value is -1.91. The topological polar surface area (TPSA) is 60.2 Å². The quantitative estimate of drug-likeness (QED) is 0.659. The number of pyridine rings is 1. The molecule has 0 amide bonds. The highest BCUT2D eigenvalue weighted by molar-refractivity contribution is 5.43. The molecule has 1 aromatic carbocycles. The van der Waals surface area contributed by atoms with Gasteiger partial charge in [0.05, 0.1) is 18.3 Å². The summed E-state index contributed by atoms with van der Waals surface area (Å²) < 4.78 is 5.55. The molecule has 1 atom stereocenters. The fourth-order valence-corrected chi connectivity index (χ4v) is 2.73. The maximum Gasteiger partial charge on any atom is 0.122 e. The molecule has 1 aromatic heterocycles. The molecule has 0 radical (unpaired) electrons. The van der Waals surface area contributed by atoms with E-state index in [9.17, 15) is 0 Å². The summed E-state index contributed by atoms with van der Waals surface area (Å²) in [6.07, 6.45) is 3.72. The summed E-state index contributed by atoms with van der Waals surface area (Å²) in [5, 5.41) is 0. The number of aryl methyl sites for hydroxylation is 1. The van der Waals surface area contributed by atoms with E-state index in [2.05, 4.69) is 35.5 Å². The van der Waals surface area contributed by atoms with Crippen LogP contribution >= 0.6 is 0 Å². The van der Waals surface area contributed by atoms with Gasteiger partial charge < -0.3 is 4.74 Å². The Balaban J connectivity index is 2.01. The van der Waals surface area contributed by atoms with Crippen molar-refractivity contribution >= 4 is 0 Å². The minimum atomic E-state index is -0.0861. The maximum atomic E-state index is 5.78. The van der Waals surface area contributed by atoms with E-state index >= 15 is 0 Å². The van der Waals surface area contributed by atoms with Gasteiger partial charge in [-0.1, -0.05) is 19.1 Å². The maximum absolute atomic E-state index is 5.78. The second-order valence-corrected chi connectivity index (χ2v) is 4.97. The van der Waals surface area contributed by atoms with E-state index in [1.54, 1.807) is 0 Å². The number of rotatable bonds is 4. The molecule has 3 N–H and O–H groups in total. The Morgan fingerprint density at radius 3 is 3.10 bits per heavy atom. The number of nitrogens with two attached hydrogens (primary N) is 1. The standard InChI is InChI=1S/C16H19N3O/c1-2-11-4-3-8-18-15(11)16(19-17)13-5-6-14-12(10-13)7-9-20-14/h3-6,8,10,16,19H,2,7,9,17H2,1H3. The van der Waals surface area contributed by atoms with Crippen molar-refractivity contribution in [2.24, 2.45) is 5.84 Å². The van der Waals surface area contributed by atoms with Crippen LogP contribution in [0, 0.1) is 0 Å². The third-order valence-corrected chi connectivity index (χ3v) is 3.79. The van der Waals surface area contributed by atoms with Gasteiger partial charge in [0, 0.05) is 12.6 Å². The molecule has 1 unspecified atom stereocenters. The summed E-state index contributed by atoms with van der Waals surface area (Å²) in [6.45, 7) is 2.90. The Bertz CT molecular complexity index is 612. The van der Waals surface area contributed by atoms with Crippen LogP contribution in [0.2, 0.25) is 0 Å². The van der Waals surface area contributed by atoms with E-state index in [0.717, 1.165) is 36.5 Å². The molecule has 0 saturated heterocycles. The predicted octanol–water partition coefficient (Wildman–Crippen LogP) is 2.13. The second kappa shape index (κ2) is 5.61. The zero-order chi connectivity index (χ0) is 13.9. The van der Waals surface area contributed by atoms with Crippen molar-refractivity contribution in [3.8, 4) is 5.75 Å². The normalized spacial score (nSPS) is 14.7. The van der Waals surface area contributed by atoms with Crippen molar-refractivity contribution in [1.29, 1.82) is 0 Å². The number of hydrogen-bond acceptors (Lipinski definition) is 4. The fourth-order valence-electron chi connectivity index (χ4n) is 2.73. The van der Waals surface area contributed by atoms with Gasteiger partial charge in [0.15, 0.2) is 0 Å². The van der Waals surface area contributed by atoms with Gasteiger partial charge >= 0.3 is 0 Å². The van der Waals surface area contributed by atoms with E-state index in [-0.39, 0.29) is 6.04 Å². The Kier molecular flexibility index (Phi) is 3.67. The van der Waals surface area contributed by atoms with Crippen molar-refractivity contribution in [3.05, 3.63) is 58.9 Å². The number of fused-ring (bicyclic) bond motifs is 1. The first-order valence-corrected chi connectivity index (χ1v) is 6.99. The lowest BCUT2D eigenvalue weighted by molar-refractivity contribution is 0.357. The first-order valence-electron chi connectivity index (χ1n) is 6.99. The Morgan fingerprint density at radius 1 is 1.40 bits per heavy atom. The van der Waals surface area contributed by atoms with Crippen molar-refractivity contribution in [1.82, 2.24) is 10.4 Å². The zero-order valence-corrected chi connectivity index (χ0v) is 11.6. The first-order chi connectivity index (χ1) is 9.83. The molecule has 0 saturated carbocycles. The molecule has 20 heavy (non-hydrogen) atoms. The number of ether oxygens (including phenoxy) is 1. The monoisotopic (exact) mass is 269 g/mol. The van der Waals surface area contributed by atoms with Gasteiger partial charge in [-0.15, -0.1) is 0 Å². The number of aromatic nitrogens is 1. The van der Waals surface area contributed by atoms with Gasteiger partial charge in [-0.25, -0.2) is 5.43 Å². The number of benzene rings is 1. The van der Waals surface area contributed by atoms with Crippen LogP contribution in [0.3, 0.4) is 0 Å². The Morgan fingerprint density at radius 2 is 2.30 bits per heavy atom. The third-order valence-electron chi connectivity index (χ3n) is 3.79. The molecule has 1 aliphatic heterocycles. The van der Waals surface area contributed by atoms with Crippen molar-refractivity contribution in [2.75, 3.05) is 6.61 Å². The predicted molar refractivity (Wildman–Crippen MR) is 78.4 cm³/mol. The van der Waals surface area contributed by atoms with Crippen LogP contribution in [0.15, 0.2) is 36.5 Å². The van der Waals surface area contributed by atoms with Gasteiger partial charge in [0.2, 0.25) is 0 Å². The lowest BCUT2D eigenvalue weighted by atomic mass is 9.96. The zero-order valence-electron chi connectivity index (χ0n) is 11.6. The molecule has 0 aliphatic carbocycles. The lowest BCUT2D eigenvalue weighted by Gasteiger charge is -2.19. The van der Waals surface area contributed by atoms with Gasteiger partial charge in [0.25, 0.3) is 0 Å². The van der Waals surface area contributed by atoms with Gasteiger partial charge in [-0.3, -0.25) is 10.8 Å². The van der Waals surface area contributed by atoms with Gasteiger partial charge in [-0.2, -0.15) is 0 Å². The fraction of sp³-hybridized carbons (Fsp3) is 0.312. The van der Waals surface area contributed by atoms with Crippen LogP contribution in [0.4, 0.5) is 0 Å². The van der Waals surface area contributed by atoms with Crippen LogP contribution in [0.1, 0.15) is 35.3 Å².